The maximum atomic E-state index is 12.9. The van der Waals surface area contributed by atoms with E-state index in [9.17, 15) is 45.3 Å². The SMILES string of the molecule is C/C=C/CCCCCCCCC(=O)OC(COC(=O)CCCCCCC/C=C/CCCCC)CO[C@@H]1O[C@H](CO)[C@H](O)[C@H](O[C@@H]2O[C@H](CO)[C@@H](O)[C@H](O)[C@H]2O)[C@H]1O. The van der Waals surface area contributed by atoms with Crippen molar-refractivity contribution in [1.82, 2.24) is 0 Å². The van der Waals surface area contributed by atoms with Crippen LogP contribution in [0.1, 0.15) is 136 Å². The third kappa shape index (κ3) is 20.2. The molecule has 2 fully saturated rings. The van der Waals surface area contributed by atoms with Crippen molar-refractivity contribution in [3.05, 3.63) is 24.3 Å². The van der Waals surface area contributed by atoms with Gasteiger partial charge >= 0.3 is 11.9 Å². The van der Waals surface area contributed by atoms with Crippen molar-refractivity contribution in [3.63, 3.8) is 0 Å². The first-order valence-corrected chi connectivity index (χ1v) is 21.4. The molecule has 1 unspecified atom stereocenters. The summed E-state index contributed by atoms with van der Waals surface area (Å²) in [6, 6.07) is 0. The predicted octanol–water partition coefficient (Wildman–Crippen LogP) is 3.65. The minimum Gasteiger partial charge on any atom is -0.462 e. The lowest BCUT2D eigenvalue weighted by Gasteiger charge is -2.46. The van der Waals surface area contributed by atoms with Crippen molar-refractivity contribution >= 4 is 11.9 Å². The number of carbonyl (C=O) groups is 2. The monoisotopic (exact) mass is 819 g/mol. The molecule has 2 rings (SSSR count). The minimum atomic E-state index is -1.83. The Labute approximate surface area is 339 Å². The molecule has 332 valence electrons. The quantitative estimate of drug-likeness (QED) is 0.0301. The molecule has 0 spiro atoms. The van der Waals surface area contributed by atoms with Crippen LogP contribution in [0.3, 0.4) is 0 Å². The second-order valence-corrected chi connectivity index (χ2v) is 15.1. The van der Waals surface area contributed by atoms with Crippen molar-refractivity contribution in [1.29, 1.82) is 0 Å². The third-order valence-electron chi connectivity index (χ3n) is 10.3. The highest BCUT2D eigenvalue weighted by atomic mass is 16.7. The normalized spacial score (nSPS) is 28.6. The van der Waals surface area contributed by atoms with Crippen LogP contribution in [-0.2, 0) is 38.0 Å². The molecule has 15 nitrogen and oxygen atoms in total. The Morgan fingerprint density at radius 3 is 1.72 bits per heavy atom. The number of hydrogen-bond donors (Lipinski definition) is 7. The second kappa shape index (κ2) is 30.9. The van der Waals surface area contributed by atoms with Crippen molar-refractivity contribution in [2.45, 2.75) is 203 Å². The van der Waals surface area contributed by atoms with Crippen LogP contribution in [0.2, 0.25) is 0 Å². The average molecular weight is 819 g/mol. The van der Waals surface area contributed by atoms with Crippen LogP contribution in [-0.4, -0.2) is 142 Å². The smallest absolute Gasteiger partial charge is 0.306 e. The number of aliphatic hydroxyl groups is 7. The first kappa shape index (κ1) is 51.1. The van der Waals surface area contributed by atoms with E-state index in [0.29, 0.717) is 12.8 Å². The fraction of sp³-hybridized carbons (Fsp3) is 0.857. The van der Waals surface area contributed by atoms with Gasteiger partial charge in [-0.05, 0) is 58.3 Å². The molecule has 0 saturated carbocycles. The summed E-state index contributed by atoms with van der Waals surface area (Å²) in [7, 11) is 0. The van der Waals surface area contributed by atoms with Crippen LogP contribution in [0.4, 0.5) is 0 Å². The highest BCUT2D eigenvalue weighted by Crippen LogP contribution is 2.30. The Balaban J connectivity index is 1.93. The maximum absolute atomic E-state index is 12.9. The third-order valence-corrected chi connectivity index (χ3v) is 10.3. The van der Waals surface area contributed by atoms with Gasteiger partial charge in [0.1, 0.15) is 55.4 Å². The van der Waals surface area contributed by atoms with Gasteiger partial charge in [-0.2, -0.15) is 0 Å². The molecule has 2 saturated heterocycles. The Morgan fingerprint density at radius 2 is 1.12 bits per heavy atom. The van der Waals surface area contributed by atoms with Gasteiger partial charge in [0.25, 0.3) is 0 Å². The number of allylic oxidation sites excluding steroid dienone is 4. The predicted molar refractivity (Wildman–Crippen MR) is 211 cm³/mol. The van der Waals surface area contributed by atoms with Gasteiger partial charge in [-0.25, -0.2) is 0 Å². The molecule has 0 aromatic heterocycles. The van der Waals surface area contributed by atoms with Gasteiger partial charge in [0.05, 0.1) is 19.8 Å². The van der Waals surface area contributed by atoms with Crippen molar-refractivity contribution < 1.29 is 73.8 Å². The molecule has 57 heavy (non-hydrogen) atoms. The number of ether oxygens (including phenoxy) is 6. The number of hydrogen-bond acceptors (Lipinski definition) is 15. The summed E-state index contributed by atoms with van der Waals surface area (Å²) < 4.78 is 33.5. The van der Waals surface area contributed by atoms with Gasteiger partial charge in [0, 0.05) is 12.8 Å². The molecule has 0 amide bonds. The maximum Gasteiger partial charge on any atom is 0.306 e. The fourth-order valence-electron chi connectivity index (χ4n) is 6.72. The number of unbranched alkanes of at least 4 members (excludes halogenated alkanes) is 14. The van der Waals surface area contributed by atoms with Gasteiger partial charge in [-0.1, -0.05) is 89.0 Å². The standard InChI is InChI=1S/C42H74O15/c1-3-5-7-9-11-13-14-15-17-18-20-22-24-33(45)52-28-30(54-34(46)25-23-21-19-16-12-10-8-6-4-2)29-53-41-39(51)40(36(48)32(27-44)55-41)57-42-38(50)37(49)35(47)31(26-43)56-42/h4,6,11,13,30-32,35-44,47-51H,3,5,7-10,12,14-29H2,1-2H3/b6-4+,13-11+/t30?,31-,32-,35-,36+,37+,38-,39-,40+,41-,42+/m1/s1. The lowest BCUT2D eigenvalue weighted by atomic mass is 9.97. The van der Waals surface area contributed by atoms with E-state index < -0.39 is 99.3 Å². The van der Waals surface area contributed by atoms with E-state index in [0.717, 1.165) is 77.0 Å². The van der Waals surface area contributed by atoms with E-state index in [1.165, 1.54) is 19.3 Å². The van der Waals surface area contributed by atoms with Crippen molar-refractivity contribution in [2.75, 3.05) is 26.4 Å². The van der Waals surface area contributed by atoms with E-state index in [1.54, 1.807) is 0 Å². The average Bonchev–Trinajstić information content (AvgIpc) is 3.20. The second-order valence-electron chi connectivity index (χ2n) is 15.1. The summed E-state index contributed by atoms with van der Waals surface area (Å²) in [6.07, 6.45) is 9.21. The topological polar surface area (TPSA) is 231 Å². The zero-order valence-electron chi connectivity index (χ0n) is 34.3. The Kier molecular flexibility index (Phi) is 27.7. The molecule has 0 aliphatic carbocycles. The Bertz CT molecular complexity index is 1100. The van der Waals surface area contributed by atoms with Gasteiger partial charge in [0.2, 0.25) is 0 Å². The fourth-order valence-corrected chi connectivity index (χ4v) is 6.72. The summed E-state index contributed by atoms with van der Waals surface area (Å²) in [4.78, 5) is 25.5. The van der Waals surface area contributed by atoms with Gasteiger partial charge < -0.3 is 64.2 Å². The summed E-state index contributed by atoms with van der Waals surface area (Å²) in [5.41, 5.74) is 0. The molecule has 11 atom stereocenters. The number of rotatable bonds is 31. The van der Waals surface area contributed by atoms with Gasteiger partial charge in [-0.3, -0.25) is 9.59 Å². The van der Waals surface area contributed by atoms with E-state index >= 15 is 0 Å². The first-order chi connectivity index (χ1) is 27.6. The molecule has 2 aliphatic heterocycles. The van der Waals surface area contributed by atoms with Crippen LogP contribution in [0.5, 0.6) is 0 Å². The van der Waals surface area contributed by atoms with Crippen LogP contribution in [0.15, 0.2) is 24.3 Å². The molecule has 7 N–H and O–H groups in total. The van der Waals surface area contributed by atoms with Crippen LogP contribution in [0.25, 0.3) is 0 Å². The summed E-state index contributed by atoms with van der Waals surface area (Å²) in [5, 5.41) is 72.2. The zero-order chi connectivity index (χ0) is 41.8. The number of aliphatic hydroxyl groups excluding tert-OH is 7. The zero-order valence-corrected chi connectivity index (χ0v) is 34.3. The van der Waals surface area contributed by atoms with Crippen LogP contribution in [0, 0.1) is 0 Å². The molecule has 2 heterocycles. The Hall–Kier alpha value is -2.02. The molecular weight excluding hydrogens is 744 g/mol. The highest BCUT2D eigenvalue weighted by molar-refractivity contribution is 5.70. The molecule has 0 bridgehead atoms. The lowest BCUT2D eigenvalue weighted by Crippen LogP contribution is -2.65. The van der Waals surface area contributed by atoms with Crippen LogP contribution >= 0.6 is 0 Å². The summed E-state index contributed by atoms with van der Waals surface area (Å²) in [6.45, 7) is 2.02. The van der Waals surface area contributed by atoms with Gasteiger partial charge in [-0.15, -0.1) is 0 Å². The highest BCUT2D eigenvalue weighted by Gasteiger charge is 2.51. The van der Waals surface area contributed by atoms with E-state index in [-0.39, 0.29) is 19.4 Å². The van der Waals surface area contributed by atoms with Gasteiger partial charge in [0.15, 0.2) is 18.7 Å². The van der Waals surface area contributed by atoms with E-state index in [4.69, 9.17) is 28.4 Å². The van der Waals surface area contributed by atoms with E-state index in [1.807, 2.05) is 13.0 Å². The van der Waals surface area contributed by atoms with Crippen LogP contribution < -0.4 is 0 Å². The first-order valence-electron chi connectivity index (χ1n) is 21.4. The lowest BCUT2D eigenvalue weighted by molar-refractivity contribution is -0.361. The van der Waals surface area contributed by atoms with E-state index in [2.05, 4.69) is 25.2 Å². The molecule has 2 aliphatic rings. The molecule has 0 aromatic carbocycles. The summed E-state index contributed by atoms with van der Waals surface area (Å²) >= 11 is 0. The minimum absolute atomic E-state index is 0.147. The Morgan fingerprint density at radius 1 is 0.596 bits per heavy atom. The van der Waals surface area contributed by atoms with Crippen molar-refractivity contribution in [2.24, 2.45) is 0 Å². The molecule has 15 heteroatoms. The van der Waals surface area contributed by atoms with Crippen molar-refractivity contribution in [3.8, 4) is 0 Å². The largest absolute Gasteiger partial charge is 0.462 e. The molecular formula is C42H74O15. The summed E-state index contributed by atoms with van der Waals surface area (Å²) in [5.74, 6) is -0.966. The number of esters is 2. The number of carbonyl (C=O) groups excluding carboxylic acids is 2. The molecule has 0 aromatic rings. The molecule has 0 radical (unpaired) electrons.